The molecular formula is C10H13NO. The van der Waals surface area contributed by atoms with Crippen LogP contribution in [0.25, 0.3) is 0 Å². The van der Waals surface area contributed by atoms with Crippen molar-refractivity contribution in [2.75, 3.05) is 6.61 Å². The van der Waals surface area contributed by atoms with Gasteiger partial charge in [0.15, 0.2) is 0 Å². The Balaban J connectivity index is 2.14. The normalized spacial score (nSPS) is 27.2. The van der Waals surface area contributed by atoms with Gasteiger partial charge in [0, 0.05) is 19.0 Å². The molecule has 0 spiro atoms. The number of aliphatic hydroxyl groups is 1. The van der Waals surface area contributed by atoms with Crippen LogP contribution in [0.4, 0.5) is 0 Å². The zero-order valence-corrected chi connectivity index (χ0v) is 7.20. The predicted molar refractivity (Wildman–Crippen MR) is 46.9 cm³/mol. The number of rotatable bonds is 2. The first-order valence-corrected chi connectivity index (χ1v) is 4.33. The van der Waals surface area contributed by atoms with Gasteiger partial charge in [-0.25, -0.2) is 0 Å². The minimum atomic E-state index is 0.318. The van der Waals surface area contributed by atoms with E-state index < -0.39 is 0 Å². The molecule has 2 rings (SSSR count). The zero-order valence-electron chi connectivity index (χ0n) is 7.20. The van der Waals surface area contributed by atoms with E-state index >= 15 is 0 Å². The summed E-state index contributed by atoms with van der Waals surface area (Å²) in [6, 6.07) is 2.16. The van der Waals surface area contributed by atoms with E-state index in [1.54, 1.807) is 0 Å². The summed E-state index contributed by atoms with van der Waals surface area (Å²) < 4.78 is 0. The van der Waals surface area contributed by atoms with E-state index in [9.17, 15) is 0 Å². The van der Waals surface area contributed by atoms with Crippen molar-refractivity contribution in [3.05, 3.63) is 29.6 Å². The first-order chi connectivity index (χ1) is 5.81. The molecule has 64 valence electrons. The lowest BCUT2D eigenvalue weighted by atomic mass is 10.1. The molecule has 0 amide bonds. The number of hydrogen-bond acceptors (Lipinski definition) is 2. The van der Waals surface area contributed by atoms with Crippen molar-refractivity contribution in [2.24, 2.45) is 5.92 Å². The number of aliphatic hydroxyl groups excluding tert-OH is 1. The van der Waals surface area contributed by atoms with Gasteiger partial charge in [0.1, 0.15) is 0 Å². The molecule has 2 unspecified atom stereocenters. The fourth-order valence-corrected chi connectivity index (χ4v) is 1.64. The second-order valence-corrected chi connectivity index (χ2v) is 3.58. The maximum atomic E-state index is 8.89. The Morgan fingerprint density at radius 2 is 2.42 bits per heavy atom. The molecule has 1 fully saturated rings. The van der Waals surface area contributed by atoms with Crippen molar-refractivity contribution in [3.8, 4) is 0 Å². The van der Waals surface area contributed by atoms with Crippen molar-refractivity contribution >= 4 is 0 Å². The number of aryl methyl sites for hydroxylation is 1. The van der Waals surface area contributed by atoms with Gasteiger partial charge in [-0.15, -0.1) is 0 Å². The number of hydrogen-bond donors (Lipinski definition) is 1. The second-order valence-electron chi connectivity index (χ2n) is 3.58. The molecule has 0 bridgehead atoms. The average molecular weight is 163 g/mol. The van der Waals surface area contributed by atoms with Crippen LogP contribution >= 0.6 is 0 Å². The van der Waals surface area contributed by atoms with Crippen molar-refractivity contribution < 1.29 is 5.11 Å². The van der Waals surface area contributed by atoms with E-state index in [-0.39, 0.29) is 0 Å². The molecule has 1 N–H and O–H groups in total. The maximum absolute atomic E-state index is 8.89. The molecule has 2 atom stereocenters. The fraction of sp³-hybridized carbons (Fsp3) is 0.500. The lowest BCUT2D eigenvalue weighted by Gasteiger charge is -1.98. The van der Waals surface area contributed by atoms with Gasteiger partial charge in [-0.05, 0) is 36.3 Å². The van der Waals surface area contributed by atoms with Crippen LogP contribution in [0.2, 0.25) is 0 Å². The van der Waals surface area contributed by atoms with E-state index in [1.807, 2.05) is 19.3 Å². The molecule has 1 aromatic heterocycles. The zero-order chi connectivity index (χ0) is 8.55. The van der Waals surface area contributed by atoms with Crippen LogP contribution in [-0.2, 0) is 0 Å². The first kappa shape index (κ1) is 7.74. The summed E-state index contributed by atoms with van der Waals surface area (Å²) in [5.41, 5.74) is 2.49. The van der Waals surface area contributed by atoms with E-state index in [4.69, 9.17) is 5.11 Å². The number of aromatic nitrogens is 1. The highest BCUT2D eigenvalue weighted by Crippen LogP contribution is 2.46. The summed E-state index contributed by atoms with van der Waals surface area (Å²) in [5, 5.41) is 8.89. The average Bonchev–Trinajstić information content (AvgIpc) is 2.83. The predicted octanol–water partition coefficient (Wildman–Crippen LogP) is 1.49. The third-order valence-corrected chi connectivity index (χ3v) is 2.48. The van der Waals surface area contributed by atoms with Gasteiger partial charge in [0.2, 0.25) is 0 Å². The Bertz CT molecular complexity index is 285. The molecule has 1 saturated carbocycles. The van der Waals surface area contributed by atoms with Crippen LogP contribution < -0.4 is 0 Å². The lowest BCUT2D eigenvalue weighted by molar-refractivity contribution is 0.274. The van der Waals surface area contributed by atoms with Gasteiger partial charge in [-0.1, -0.05) is 6.07 Å². The van der Waals surface area contributed by atoms with Crippen molar-refractivity contribution in [1.29, 1.82) is 0 Å². The highest BCUT2D eigenvalue weighted by molar-refractivity contribution is 5.26. The molecule has 1 heterocycles. The molecule has 0 aromatic carbocycles. The minimum Gasteiger partial charge on any atom is -0.396 e. The Hall–Kier alpha value is -0.890. The largest absolute Gasteiger partial charge is 0.396 e. The monoisotopic (exact) mass is 163 g/mol. The van der Waals surface area contributed by atoms with Gasteiger partial charge in [0.05, 0.1) is 0 Å². The van der Waals surface area contributed by atoms with Crippen molar-refractivity contribution in [3.63, 3.8) is 0 Å². The molecule has 1 aliphatic carbocycles. The summed E-state index contributed by atoms with van der Waals surface area (Å²) in [6.07, 6.45) is 4.90. The van der Waals surface area contributed by atoms with Gasteiger partial charge < -0.3 is 5.11 Å². The van der Waals surface area contributed by atoms with Gasteiger partial charge in [-0.2, -0.15) is 0 Å². The van der Waals surface area contributed by atoms with E-state index in [1.165, 1.54) is 11.1 Å². The molecule has 0 radical (unpaired) electrons. The van der Waals surface area contributed by atoms with E-state index in [0.717, 1.165) is 6.42 Å². The molecule has 12 heavy (non-hydrogen) atoms. The Labute approximate surface area is 72.3 Å². The second kappa shape index (κ2) is 2.87. The highest BCUT2D eigenvalue weighted by atomic mass is 16.3. The molecule has 1 aliphatic rings. The van der Waals surface area contributed by atoms with Gasteiger partial charge >= 0.3 is 0 Å². The molecule has 1 aromatic rings. The number of pyridine rings is 1. The van der Waals surface area contributed by atoms with Crippen LogP contribution in [0.5, 0.6) is 0 Å². The van der Waals surface area contributed by atoms with Crippen molar-refractivity contribution in [2.45, 2.75) is 19.3 Å². The maximum Gasteiger partial charge on any atom is 0.0465 e. The van der Waals surface area contributed by atoms with E-state index in [2.05, 4.69) is 11.1 Å². The van der Waals surface area contributed by atoms with Crippen LogP contribution in [0.1, 0.15) is 23.5 Å². The quantitative estimate of drug-likeness (QED) is 0.716. The van der Waals surface area contributed by atoms with Crippen LogP contribution in [-0.4, -0.2) is 16.7 Å². The fourth-order valence-electron chi connectivity index (χ4n) is 1.64. The van der Waals surface area contributed by atoms with Gasteiger partial charge in [-0.3, -0.25) is 4.98 Å². The van der Waals surface area contributed by atoms with Crippen molar-refractivity contribution in [1.82, 2.24) is 4.98 Å². The minimum absolute atomic E-state index is 0.318. The SMILES string of the molecule is Cc1cncc(C2CC2CO)c1. The summed E-state index contributed by atoms with van der Waals surface area (Å²) in [6.45, 7) is 2.37. The smallest absolute Gasteiger partial charge is 0.0465 e. The standard InChI is InChI=1S/C10H13NO/c1-7-2-8(5-11-4-7)10-3-9(10)6-12/h2,4-5,9-10,12H,3,6H2,1H3. The summed E-state index contributed by atoms with van der Waals surface area (Å²) in [4.78, 5) is 4.13. The molecule has 0 aliphatic heterocycles. The third-order valence-electron chi connectivity index (χ3n) is 2.48. The van der Waals surface area contributed by atoms with Crippen LogP contribution in [0.3, 0.4) is 0 Å². The summed E-state index contributed by atoms with van der Waals surface area (Å²) in [5.74, 6) is 1.07. The molecule has 0 saturated heterocycles. The molecule has 2 heteroatoms. The Morgan fingerprint density at radius 3 is 3.00 bits per heavy atom. The Kier molecular flexibility index (Phi) is 1.85. The third kappa shape index (κ3) is 1.34. The number of nitrogens with zero attached hydrogens (tertiary/aromatic N) is 1. The van der Waals surface area contributed by atoms with E-state index in [0.29, 0.717) is 18.4 Å². The van der Waals surface area contributed by atoms with Gasteiger partial charge in [0.25, 0.3) is 0 Å². The summed E-state index contributed by atoms with van der Waals surface area (Å²) in [7, 11) is 0. The molecule has 2 nitrogen and oxygen atoms in total. The van der Waals surface area contributed by atoms with Crippen LogP contribution in [0, 0.1) is 12.8 Å². The van der Waals surface area contributed by atoms with Crippen LogP contribution in [0.15, 0.2) is 18.5 Å². The molecular weight excluding hydrogens is 150 g/mol. The lowest BCUT2D eigenvalue weighted by Crippen LogP contribution is -1.90. The highest BCUT2D eigenvalue weighted by Gasteiger charge is 2.37. The Morgan fingerprint density at radius 1 is 1.58 bits per heavy atom. The first-order valence-electron chi connectivity index (χ1n) is 4.33. The topological polar surface area (TPSA) is 33.1 Å². The summed E-state index contributed by atoms with van der Waals surface area (Å²) >= 11 is 0.